The summed E-state index contributed by atoms with van der Waals surface area (Å²) in [6.07, 6.45) is 5.32. The first-order chi connectivity index (χ1) is 12.6. The van der Waals surface area contributed by atoms with Crippen molar-refractivity contribution in [3.05, 3.63) is 12.2 Å². The number of rotatable bonds is 14. The molecule has 0 bridgehead atoms. The van der Waals surface area contributed by atoms with Crippen molar-refractivity contribution < 1.29 is 14.4 Å². The highest BCUT2D eigenvalue weighted by Crippen LogP contribution is 2.38. The van der Waals surface area contributed by atoms with Crippen molar-refractivity contribution in [3.63, 3.8) is 0 Å². The Labute approximate surface area is 185 Å². The molecule has 0 heterocycles. The van der Waals surface area contributed by atoms with Crippen LogP contribution >= 0.6 is 44.2 Å². The third-order valence-electron chi connectivity index (χ3n) is 3.77. The Balaban J connectivity index is 3.90. The molecule has 0 aromatic heterocycles. The van der Waals surface area contributed by atoms with Gasteiger partial charge in [0.1, 0.15) is 5.78 Å². The zero-order chi connectivity index (χ0) is 20.9. The first kappa shape index (κ1) is 26.8. The molecule has 0 aromatic rings. The summed E-state index contributed by atoms with van der Waals surface area (Å²) in [6.45, 7) is 10.9. The number of Topliss-reactive ketones (excluding diaryl/α,β-unsaturated/α-hetero) is 1. The van der Waals surface area contributed by atoms with E-state index in [0.29, 0.717) is 25.9 Å². The van der Waals surface area contributed by atoms with Gasteiger partial charge in [0.25, 0.3) is 0 Å². The highest BCUT2D eigenvalue weighted by molar-refractivity contribution is 14.1. The molecule has 0 saturated carbocycles. The van der Waals surface area contributed by atoms with Gasteiger partial charge in [-0.05, 0) is 34.1 Å². The number of amides is 2. The van der Waals surface area contributed by atoms with Gasteiger partial charge < -0.3 is 10.6 Å². The fraction of sp³-hybridized carbons (Fsp3) is 0.737. The minimum atomic E-state index is -0.0934. The molecule has 0 aliphatic heterocycles. The smallest absolute Gasteiger partial charge is 0.232 e. The summed E-state index contributed by atoms with van der Waals surface area (Å²) in [6, 6.07) is 0. The van der Waals surface area contributed by atoms with Crippen molar-refractivity contribution in [2.24, 2.45) is 5.92 Å². The molecule has 0 fully saturated rings. The van der Waals surface area contributed by atoms with Crippen molar-refractivity contribution in [1.82, 2.24) is 10.6 Å². The van der Waals surface area contributed by atoms with Crippen LogP contribution in [0.1, 0.15) is 53.9 Å². The van der Waals surface area contributed by atoms with Crippen LogP contribution in [0.2, 0.25) is 0 Å². The zero-order valence-corrected chi connectivity index (χ0v) is 20.8. The predicted molar refractivity (Wildman–Crippen MR) is 126 cm³/mol. The summed E-state index contributed by atoms with van der Waals surface area (Å²) in [7, 11) is 3.45. The molecule has 8 heteroatoms. The van der Waals surface area contributed by atoms with E-state index in [1.807, 2.05) is 32.9 Å². The highest BCUT2D eigenvalue weighted by Gasteiger charge is 2.20. The number of halogens is 1. The first-order valence-electron chi connectivity index (χ1n) is 9.23. The molecule has 0 rings (SSSR count). The third kappa shape index (κ3) is 14.4. The normalized spacial score (nSPS) is 14.0. The Morgan fingerprint density at radius 1 is 1.11 bits per heavy atom. The summed E-state index contributed by atoms with van der Waals surface area (Å²) < 4.78 is -0.0458. The maximum atomic E-state index is 12.0. The molecular weight excluding hydrogens is 495 g/mol. The van der Waals surface area contributed by atoms with Crippen LogP contribution < -0.4 is 10.6 Å². The Morgan fingerprint density at radius 2 is 1.78 bits per heavy atom. The second-order valence-electron chi connectivity index (χ2n) is 6.95. The average molecular weight is 529 g/mol. The average Bonchev–Trinajstić information content (AvgIpc) is 2.59. The number of ketones is 1. The van der Waals surface area contributed by atoms with E-state index < -0.39 is 0 Å². The van der Waals surface area contributed by atoms with E-state index in [0.717, 1.165) is 12.2 Å². The molecule has 0 aliphatic rings. The van der Waals surface area contributed by atoms with Crippen LogP contribution in [0.4, 0.5) is 0 Å². The molecule has 2 N–H and O–H groups in total. The lowest BCUT2D eigenvalue weighted by Gasteiger charge is -2.23. The number of carbonyl (C=O) groups excluding carboxylic acids is 3. The molecule has 2 amide bonds. The van der Waals surface area contributed by atoms with Gasteiger partial charge in [0.15, 0.2) is 0 Å². The van der Waals surface area contributed by atoms with E-state index in [1.165, 1.54) is 0 Å². The van der Waals surface area contributed by atoms with E-state index in [4.69, 9.17) is 0 Å². The molecule has 156 valence electrons. The summed E-state index contributed by atoms with van der Waals surface area (Å²) in [5.74, 6) is 0.940. The van der Waals surface area contributed by atoms with Crippen LogP contribution in [-0.4, -0.2) is 45.1 Å². The number of hydrogen-bond donors (Lipinski definition) is 2. The lowest BCUT2D eigenvalue weighted by atomic mass is 10.0. The quantitative estimate of drug-likeness (QED) is 0.117. The molecule has 0 saturated heterocycles. The molecule has 0 radical (unpaired) electrons. The van der Waals surface area contributed by atoms with E-state index in [-0.39, 0.29) is 32.2 Å². The highest BCUT2D eigenvalue weighted by atomic mass is 127. The van der Waals surface area contributed by atoms with E-state index in [1.54, 1.807) is 21.6 Å². The van der Waals surface area contributed by atoms with Crippen molar-refractivity contribution >= 4 is 61.8 Å². The largest absolute Gasteiger partial charge is 0.356 e. The maximum absolute atomic E-state index is 12.0. The van der Waals surface area contributed by atoms with E-state index in [9.17, 15) is 14.4 Å². The molecular formula is C19H33IN2O3S2. The minimum absolute atomic E-state index is 0.0107. The topological polar surface area (TPSA) is 75.3 Å². The second-order valence-corrected chi connectivity index (χ2v) is 11.9. The minimum Gasteiger partial charge on any atom is -0.356 e. The lowest BCUT2D eigenvalue weighted by Crippen LogP contribution is -2.31. The SMILES string of the molecule is CC=CC(C)C(=O)CCNC(=O)CCC(C)(C)SSCCNC(=O)C(C)I. The van der Waals surface area contributed by atoms with Crippen LogP contribution in [-0.2, 0) is 14.4 Å². The molecule has 27 heavy (non-hydrogen) atoms. The number of nitrogens with one attached hydrogen (secondary N) is 2. The van der Waals surface area contributed by atoms with Crippen molar-refractivity contribution in [3.8, 4) is 0 Å². The van der Waals surface area contributed by atoms with Crippen LogP contribution in [0, 0.1) is 5.92 Å². The van der Waals surface area contributed by atoms with Crippen LogP contribution in [0.5, 0.6) is 0 Å². The van der Waals surface area contributed by atoms with Crippen molar-refractivity contribution in [1.29, 1.82) is 0 Å². The first-order valence-corrected chi connectivity index (χ1v) is 12.8. The molecule has 0 aromatic carbocycles. The third-order valence-corrected chi connectivity index (χ3v) is 7.68. The Kier molecular flexibility index (Phi) is 14.6. The van der Waals surface area contributed by atoms with Gasteiger partial charge in [-0.25, -0.2) is 0 Å². The standard InChI is InChI=1S/C19H33IN2O3S2/c1-6-7-14(2)16(23)9-11-21-17(24)8-10-19(4,5)27-26-13-12-22-18(25)15(3)20/h6-7,14-15H,8-13H2,1-5H3,(H,21,24)(H,22,25). The van der Waals surface area contributed by atoms with Gasteiger partial charge in [-0.3, -0.25) is 14.4 Å². The van der Waals surface area contributed by atoms with E-state index in [2.05, 4.69) is 47.1 Å². The zero-order valence-electron chi connectivity index (χ0n) is 17.0. The van der Waals surface area contributed by atoms with E-state index >= 15 is 0 Å². The number of hydrogen-bond acceptors (Lipinski definition) is 5. The summed E-state index contributed by atoms with van der Waals surface area (Å²) in [4.78, 5) is 35.3. The number of alkyl halides is 1. The van der Waals surface area contributed by atoms with Gasteiger partial charge in [0.2, 0.25) is 11.8 Å². The molecule has 5 nitrogen and oxygen atoms in total. The van der Waals surface area contributed by atoms with Crippen LogP contribution in [0.3, 0.4) is 0 Å². The van der Waals surface area contributed by atoms with Gasteiger partial charge in [-0.2, -0.15) is 0 Å². The van der Waals surface area contributed by atoms with Gasteiger partial charge in [-0.1, -0.05) is 63.3 Å². The fourth-order valence-electron chi connectivity index (χ4n) is 2.05. The second kappa shape index (κ2) is 14.7. The number of allylic oxidation sites excluding steroid dienone is 2. The summed E-state index contributed by atoms with van der Waals surface area (Å²) in [5, 5.41) is 5.72. The van der Waals surface area contributed by atoms with Gasteiger partial charge >= 0.3 is 0 Å². The Bertz CT molecular complexity index is 511. The Hall–Kier alpha value is -0.220. The van der Waals surface area contributed by atoms with Crippen LogP contribution in [0.25, 0.3) is 0 Å². The van der Waals surface area contributed by atoms with Gasteiger partial charge in [0, 0.05) is 42.3 Å². The van der Waals surface area contributed by atoms with Gasteiger partial charge in [-0.15, -0.1) is 0 Å². The monoisotopic (exact) mass is 528 g/mol. The molecule has 0 aliphatic carbocycles. The summed E-state index contributed by atoms with van der Waals surface area (Å²) in [5.41, 5.74) is 0. The fourth-order valence-corrected chi connectivity index (χ4v) is 4.75. The predicted octanol–water partition coefficient (Wildman–Crippen LogP) is 4.15. The lowest BCUT2D eigenvalue weighted by molar-refractivity contribution is -0.122. The molecule has 0 spiro atoms. The molecule has 2 atom stereocenters. The Morgan fingerprint density at radius 3 is 2.37 bits per heavy atom. The van der Waals surface area contributed by atoms with Crippen molar-refractivity contribution in [2.75, 3.05) is 18.8 Å². The van der Waals surface area contributed by atoms with Crippen molar-refractivity contribution in [2.45, 2.75) is 62.6 Å². The van der Waals surface area contributed by atoms with Crippen LogP contribution in [0.15, 0.2) is 12.2 Å². The maximum Gasteiger partial charge on any atom is 0.232 e. The summed E-state index contributed by atoms with van der Waals surface area (Å²) >= 11 is 2.10. The van der Waals surface area contributed by atoms with Gasteiger partial charge in [0.05, 0.1) is 3.92 Å². The molecule has 2 unspecified atom stereocenters. The number of carbonyl (C=O) groups is 3.